The minimum absolute atomic E-state index is 0.665. The van der Waals surface area contributed by atoms with Crippen molar-refractivity contribution in [1.29, 1.82) is 0 Å². The van der Waals surface area contributed by atoms with Crippen molar-refractivity contribution in [2.24, 2.45) is 0 Å². The quantitative estimate of drug-likeness (QED) is 0.741. The molecular formula is C10H15NO. The van der Waals surface area contributed by atoms with Gasteiger partial charge in [0.05, 0.1) is 6.61 Å². The van der Waals surface area contributed by atoms with E-state index in [1.807, 2.05) is 13.1 Å². The molecule has 0 aliphatic rings. The normalized spacial score (nSPS) is 9.92. The number of methoxy groups -OCH3 is 1. The molecule has 2 heteroatoms. The van der Waals surface area contributed by atoms with Gasteiger partial charge in [-0.05, 0) is 12.5 Å². The zero-order valence-electron chi connectivity index (χ0n) is 7.85. The van der Waals surface area contributed by atoms with Crippen LogP contribution in [0.2, 0.25) is 0 Å². The smallest absolute Gasteiger partial charge is 0.0733 e. The Morgan fingerprint density at radius 2 is 2.17 bits per heavy atom. The second-order valence-electron chi connectivity index (χ2n) is 2.79. The van der Waals surface area contributed by atoms with Gasteiger partial charge in [0.2, 0.25) is 0 Å². The van der Waals surface area contributed by atoms with Crippen LogP contribution in [-0.2, 0) is 11.3 Å². The van der Waals surface area contributed by atoms with Crippen molar-refractivity contribution in [2.45, 2.75) is 13.5 Å². The van der Waals surface area contributed by atoms with Crippen LogP contribution in [0, 0.1) is 6.92 Å². The molecule has 1 rings (SSSR count). The SMILES string of the molecule is CNc1c(C)cccc1COC. The van der Waals surface area contributed by atoms with E-state index in [1.54, 1.807) is 7.11 Å². The highest BCUT2D eigenvalue weighted by atomic mass is 16.5. The molecule has 0 fully saturated rings. The molecule has 1 aromatic carbocycles. The predicted molar refractivity (Wildman–Crippen MR) is 51.4 cm³/mol. The van der Waals surface area contributed by atoms with Crippen LogP contribution in [0.4, 0.5) is 5.69 Å². The summed E-state index contributed by atoms with van der Waals surface area (Å²) >= 11 is 0. The molecule has 0 saturated heterocycles. The first-order valence-electron chi connectivity index (χ1n) is 4.04. The van der Waals surface area contributed by atoms with E-state index >= 15 is 0 Å². The summed E-state index contributed by atoms with van der Waals surface area (Å²) in [5.74, 6) is 0. The van der Waals surface area contributed by atoms with Gasteiger partial charge in [-0.2, -0.15) is 0 Å². The van der Waals surface area contributed by atoms with E-state index in [9.17, 15) is 0 Å². The lowest BCUT2D eigenvalue weighted by Crippen LogP contribution is -1.98. The molecule has 1 N–H and O–H groups in total. The van der Waals surface area contributed by atoms with Crippen molar-refractivity contribution in [2.75, 3.05) is 19.5 Å². The standard InChI is InChI=1S/C10H15NO/c1-8-5-4-6-9(7-12-3)10(8)11-2/h4-6,11H,7H2,1-3H3. The Balaban J connectivity index is 3.00. The number of para-hydroxylation sites is 1. The minimum atomic E-state index is 0.665. The first kappa shape index (κ1) is 9.07. The molecular weight excluding hydrogens is 150 g/mol. The molecule has 0 unspecified atom stereocenters. The number of nitrogens with one attached hydrogen (secondary N) is 1. The van der Waals surface area contributed by atoms with Gasteiger partial charge < -0.3 is 10.1 Å². The average Bonchev–Trinajstić information content (AvgIpc) is 2.05. The molecule has 0 amide bonds. The largest absolute Gasteiger partial charge is 0.388 e. The Kier molecular flexibility index (Phi) is 3.11. The number of rotatable bonds is 3. The topological polar surface area (TPSA) is 21.3 Å². The fourth-order valence-corrected chi connectivity index (χ4v) is 1.36. The lowest BCUT2D eigenvalue weighted by Gasteiger charge is -2.10. The Bertz CT molecular complexity index is 258. The van der Waals surface area contributed by atoms with Gasteiger partial charge in [-0.25, -0.2) is 0 Å². The second kappa shape index (κ2) is 4.12. The Morgan fingerprint density at radius 3 is 2.75 bits per heavy atom. The third kappa shape index (κ3) is 1.77. The van der Waals surface area contributed by atoms with Crippen molar-refractivity contribution in [3.8, 4) is 0 Å². The maximum atomic E-state index is 5.09. The summed E-state index contributed by atoms with van der Waals surface area (Å²) in [6.45, 7) is 2.75. The summed E-state index contributed by atoms with van der Waals surface area (Å²) in [5, 5.41) is 3.17. The van der Waals surface area contributed by atoms with Crippen LogP contribution in [0.1, 0.15) is 11.1 Å². The summed E-state index contributed by atoms with van der Waals surface area (Å²) in [7, 11) is 3.64. The predicted octanol–water partition coefficient (Wildman–Crippen LogP) is 2.18. The van der Waals surface area contributed by atoms with Gasteiger partial charge >= 0.3 is 0 Å². The monoisotopic (exact) mass is 165 g/mol. The molecule has 0 aliphatic heterocycles. The van der Waals surface area contributed by atoms with Gasteiger partial charge in [-0.1, -0.05) is 18.2 Å². The summed E-state index contributed by atoms with van der Waals surface area (Å²) in [6, 6.07) is 6.21. The highest BCUT2D eigenvalue weighted by molar-refractivity contribution is 5.56. The van der Waals surface area contributed by atoms with E-state index in [-0.39, 0.29) is 0 Å². The minimum Gasteiger partial charge on any atom is -0.388 e. The molecule has 0 aromatic heterocycles. The Labute approximate surface area is 73.6 Å². The van der Waals surface area contributed by atoms with Crippen molar-refractivity contribution >= 4 is 5.69 Å². The molecule has 0 bridgehead atoms. The van der Waals surface area contributed by atoms with Crippen LogP contribution in [0.25, 0.3) is 0 Å². The molecule has 66 valence electrons. The maximum Gasteiger partial charge on any atom is 0.0733 e. The Hall–Kier alpha value is -1.02. The molecule has 1 aromatic rings. The van der Waals surface area contributed by atoms with Crippen molar-refractivity contribution in [1.82, 2.24) is 0 Å². The lowest BCUT2D eigenvalue weighted by atomic mass is 10.1. The summed E-state index contributed by atoms with van der Waals surface area (Å²) in [5.41, 5.74) is 3.64. The van der Waals surface area contributed by atoms with Gasteiger partial charge in [-0.3, -0.25) is 0 Å². The zero-order chi connectivity index (χ0) is 8.97. The van der Waals surface area contributed by atoms with Crippen molar-refractivity contribution in [3.05, 3.63) is 29.3 Å². The van der Waals surface area contributed by atoms with Gasteiger partial charge in [0.15, 0.2) is 0 Å². The first-order chi connectivity index (χ1) is 5.79. The van der Waals surface area contributed by atoms with E-state index in [2.05, 4.69) is 24.4 Å². The van der Waals surface area contributed by atoms with E-state index in [0.29, 0.717) is 6.61 Å². The molecule has 0 atom stereocenters. The van der Waals surface area contributed by atoms with Crippen molar-refractivity contribution < 1.29 is 4.74 Å². The lowest BCUT2D eigenvalue weighted by molar-refractivity contribution is 0.185. The van der Waals surface area contributed by atoms with Crippen molar-refractivity contribution in [3.63, 3.8) is 0 Å². The average molecular weight is 165 g/mol. The van der Waals surface area contributed by atoms with E-state index in [1.165, 1.54) is 16.8 Å². The van der Waals surface area contributed by atoms with Crippen LogP contribution in [0.3, 0.4) is 0 Å². The number of anilines is 1. The number of benzene rings is 1. The number of aryl methyl sites for hydroxylation is 1. The number of ether oxygens (including phenoxy) is 1. The fourth-order valence-electron chi connectivity index (χ4n) is 1.36. The second-order valence-corrected chi connectivity index (χ2v) is 2.79. The third-order valence-electron chi connectivity index (χ3n) is 1.91. The van der Waals surface area contributed by atoms with Crippen LogP contribution in [0.15, 0.2) is 18.2 Å². The first-order valence-corrected chi connectivity index (χ1v) is 4.04. The molecule has 0 radical (unpaired) electrons. The summed E-state index contributed by atoms with van der Waals surface area (Å²) in [4.78, 5) is 0. The van der Waals surface area contributed by atoms with Gasteiger partial charge in [0.1, 0.15) is 0 Å². The van der Waals surface area contributed by atoms with E-state index in [4.69, 9.17) is 4.74 Å². The van der Waals surface area contributed by atoms with Crippen LogP contribution >= 0.6 is 0 Å². The highest BCUT2D eigenvalue weighted by Crippen LogP contribution is 2.20. The molecule has 0 spiro atoms. The Morgan fingerprint density at radius 1 is 1.42 bits per heavy atom. The van der Waals surface area contributed by atoms with Crippen LogP contribution in [-0.4, -0.2) is 14.2 Å². The summed E-state index contributed by atoms with van der Waals surface area (Å²) in [6.07, 6.45) is 0. The maximum absolute atomic E-state index is 5.09. The number of hydrogen-bond acceptors (Lipinski definition) is 2. The molecule has 12 heavy (non-hydrogen) atoms. The van der Waals surface area contributed by atoms with Gasteiger partial charge in [0, 0.05) is 25.4 Å². The van der Waals surface area contributed by atoms with E-state index < -0.39 is 0 Å². The molecule has 2 nitrogen and oxygen atoms in total. The van der Waals surface area contributed by atoms with Gasteiger partial charge in [0.25, 0.3) is 0 Å². The fraction of sp³-hybridized carbons (Fsp3) is 0.400. The molecule has 0 saturated carbocycles. The number of hydrogen-bond donors (Lipinski definition) is 1. The van der Waals surface area contributed by atoms with Gasteiger partial charge in [-0.15, -0.1) is 0 Å². The van der Waals surface area contributed by atoms with E-state index in [0.717, 1.165) is 0 Å². The molecule has 0 heterocycles. The molecule has 0 aliphatic carbocycles. The third-order valence-corrected chi connectivity index (χ3v) is 1.91. The highest BCUT2D eigenvalue weighted by Gasteiger charge is 2.01. The van der Waals surface area contributed by atoms with Crippen LogP contribution < -0.4 is 5.32 Å². The summed E-state index contributed by atoms with van der Waals surface area (Å²) < 4.78 is 5.09. The zero-order valence-corrected chi connectivity index (χ0v) is 7.85. The van der Waals surface area contributed by atoms with Crippen LogP contribution in [0.5, 0.6) is 0 Å².